The highest BCUT2D eigenvalue weighted by Crippen LogP contribution is 2.28. The van der Waals surface area contributed by atoms with Gasteiger partial charge in [-0.1, -0.05) is 0 Å². The van der Waals surface area contributed by atoms with Gasteiger partial charge in [0, 0.05) is 13.2 Å². The maximum atomic E-state index is 10.6. The molecule has 0 bridgehead atoms. The van der Waals surface area contributed by atoms with Crippen molar-refractivity contribution in [2.24, 2.45) is 11.7 Å². The predicted molar refractivity (Wildman–Crippen MR) is 50.2 cm³/mol. The van der Waals surface area contributed by atoms with Crippen molar-refractivity contribution >= 4 is 5.91 Å². The van der Waals surface area contributed by atoms with Crippen LogP contribution in [0.25, 0.3) is 0 Å². The van der Waals surface area contributed by atoms with Crippen LogP contribution in [0.1, 0.15) is 19.8 Å². The van der Waals surface area contributed by atoms with Gasteiger partial charge in [0.15, 0.2) is 0 Å². The van der Waals surface area contributed by atoms with Gasteiger partial charge in [-0.3, -0.25) is 4.79 Å². The smallest absolute Gasteiger partial charge is 0.234 e. The second kappa shape index (κ2) is 5.19. The first-order valence-electron chi connectivity index (χ1n) is 4.80. The van der Waals surface area contributed by atoms with Crippen molar-refractivity contribution in [3.05, 3.63) is 0 Å². The van der Waals surface area contributed by atoms with E-state index in [0.29, 0.717) is 13.2 Å². The monoisotopic (exact) mass is 186 g/mol. The van der Waals surface area contributed by atoms with Crippen LogP contribution in [0, 0.1) is 5.92 Å². The van der Waals surface area contributed by atoms with E-state index >= 15 is 0 Å². The van der Waals surface area contributed by atoms with Crippen LogP contribution in [-0.2, 0) is 9.53 Å². The first-order chi connectivity index (χ1) is 6.20. The highest BCUT2D eigenvalue weighted by Gasteiger charge is 2.20. The third-order valence-electron chi connectivity index (χ3n) is 2.17. The molecule has 13 heavy (non-hydrogen) atoms. The Morgan fingerprint density at radius 1 is 1.69 bits per heavy atom. The van der Waals surface area contributed by atoms with Crippen LogP contribution < -0.4 is 11.1 Å². The number of carbonyl (C=O) groups is 1. The Morgan fingerprint density at radius 2 is 2.38 bits per heavy atom. The van der Waals surface area contributed by atoms with E-state index in [9.17, 15) is 4.79 Å². The normalized spacial score (nSPS) is 18.5. The summed E-state index contributed by atoms with van der Waals surface area (Å²) in [5, 5.41) is 2.98. The zero-order valence-corrected chi connectivity index (χ0v) is 8.08. The molecule has 0 spiro atoms. The molecular weight excluding hydrogens is 168 g/mol. The summed E-state index contributed by atoms with van der Waals surface area (Å²) >= 11 is 0. The first kappa shape index (κ1) is 10.5. The molecule has 1 fully saturated rings. The standard InChI is InChI=1S/C9H18N2O2/c1-7(9(10)12)11-4-5-13-6-8-2-3-8/h7-8,11H,2-6H2,1H3,(H2,10,12). The minimum absolute atomic E-state index is 0.260. The summed E-state index contributed by atoms with van der Waals surface area (Å²) in [5.74, 6) is 0.482. The Bertz CT molecular complexity index is 169. The second-order valence-corrected chi connectivity index (χ2v) is 3.60. The summed E-state index contributed by atoms with van der Waals surface area (Å²) in [6, 6.07) is -0.260. The van der Waals surface area contributed by atoms with Gasteiger partial charge >= 0.3 is 0 Å². The molecule has 76 valence electrons. The van der Waals surface area contributed by atoms with E-state index in [2.05, 4.69) is 5.32 Å². The molecule has 1 aliphatic carbocycles. The van der Waals surface area contributed by atoms with Crippen molar-refractivity contribution in [1.29, 1.82) is 0 Å². The molecule has 0 aromatic carbocycles. The van der Waals surface area contributed by atoms with Gasteiger partial charge in [0.2, 0.25) is 5.91 Å². The van der Waals surface area contributed by atoms with E-state index in [4.69, 9.17) is 10.5 Å². The van der Waals surface area contributed by atoms with Gasteiger partial charge in [0.05, 0.1) is 12.6 Å². The topological polar surface area (TPSA) is 64.3 Å². The molecule has 0 aliphatic heterocycles. The van der Waals surface area contributed by atoms with Crippen molar-refractivity contribution in [1.82, 2.24) is 5.32 Å². The number of ether oxygens (including phenoxy) is 1. The molecular formula is C9H18N2O2. The SMILES string of the molecule is CC(NCCOCC1CC1)C(N)=O. The predicted octanol–water partition coefficient (Wildman–Crippen LogP) is -0.124. The van der Waals surface area contributed by atoms with Crippen molar-refractivity contribution in [2.45, 2.75) is 25.8 Å². The lowest BCUT2D eigenvalue weighted by atomic mass is 10.3. The molecule has 1 amide bonds. The maximum Gasteiger partial charge on any atom is 0.234 e. The molecule has 1 rings (SSSR count). The minimum Gasteiger partial charge on any atom is -0.380 e. The number of hydrogen-bond donors (Lipinski definition) is 2. The molecule has 1 unspecified atom stereocenters. The van der Waals surface area contributed by atoms with Gasteiger partial charge in [-0.15, -0.1) is 0 Å². The number of nitrogens with one attached hydrogen (secondary N) is 1. The maximum absolute atomic E-state index is 10.6. The van der Waals surface area contributed by atoms with Gasteiger partial charge < -0.3 is 15.8 Å². The average molecular weight is 186 g/mol. The van der Waals surface area contributed by atoms with Gasteiger partial charge in [0.1, 0.15) is 0 Å². The molecule has 0 radical (unpaired) electrons. The molecule has 0 aromatic heterocycles. The number of primary amides is 1. The van der Waals surface area contributed by atoms with E-state index in [1.165, 1.54) is 12.8 Å². The Labute approximate surface area is 78.8 Å². The lowest BCUT2D eigenvalue weighted by Crippen LogP contribution is -2.40. The number of nitrogens with two attached hydrogens (primary N) is 1. The van der Waals surface area contributed by atoms with Crippen molar-refractivity contribution in [2.75, 3.05) is 19.8 Å². The van der Waals surface area contributed by atoms with Gasteiger partial charge in [0.25, 0.3) is 0 Å². The van der Waals surface area contributed by atoms with Crippen LogP contribution in [0.5, 0.6) is 0 Å². The van der Waals surface area contributed by atoms with Crippen molar-refractivity contribution in [3.63, 3.8) is 0 Å². The molecule has 4 heteroatoms. The highest BCUT2D eigenvalue weighted by atomic mass is 16.5. The summed E-state index contributed by atoms with van der Waals surface area (Å²) < 4.78 is 5.37. The third kappa shape index (κ3) is 4.85. The highest BCUT2D eigenvalue weighted by molar-refractivity contribution is 5.79. The van der Waals surface area contributed by atoms with Crippen LogP contribution in [0.3, 0.4) is 0 Å². The molecule has 1 saturated carbocycles. The molecule has 1 aliphatic rings. The molecule has 0 heterocycles. The number of rotatable bonds is 7. The lowest BCUT2D eigenvalue weighted by molar-refractivity contribution is -0.119. The fourth-order valence-corrected chi connectivity index (χ4v) is 0.983. The van der Waals surface area contributed by atoms with Gasteiger partial charge in [-0.25, -0.2) is 0 Å². The van der Waals surface area contributed by atoms with E-state index < -0.39 is 0 Å². The van der Waals surface area contributed by atoms with Gasteiger partial charge in [-0.2, -0.15) is 0 Å². The largest absolute Gasteiger partial charge is 0.380 e. The van der Waals surface area contributed by atoms with Gasteiger partial charge in [-0.05, 0) is 25.7 Å². The average Bonchev–Trinajstić information content (AvgIpc) is 2.87. The number of hydrogen-bond acceptors (Lipinski definition) is 3. The van der Waals surface area contributed by atoms with E-state index in [-0.39, 0.29) is 11.9 Å². The molecule has 0 saturated heterocycles. The van der Waals surface area contributed by atoms with Crippen LogP contribution >= 0.6 is 0 Å². The fourth-order valence-electron chi connectivity index (χ4n) is 0.983. The molecule has 3 N–H and O–H groups in total. The van der Waals surface area contributed by atoms with Crippen molar-refractivity contribution < 1.29 is 9.53 Å². The Kier molecular flexibility index (Phi) is 4.18. The van der Waals surface area contributed by atoms with Crippen molar-refractivity contribution in [3.8, 4) is 0 Å². The second-order valence-electron chi connectivity index (χ2n) is 3.60. The summed E-state index contributed by atoms with van der Waals surface area (Å²) in [6.07, 6.45) is 2.62. The number of carbonyl (C=O) groups excluding carboxylic acids is 1. The lowest BCUT2D eigenvalue weighted by Gasteiger charge is -2.09. The number of amides is 1. The first-order valence-corrected chi connectivity index (χ1v) is 4.80. The molecule has 0 aromatic rings. The third-order valence-corrected chi connectivity index (χ3v) is 2.17. The summed E-state index contributed by atoms with van der Waals surface area (Å²) in [5.41, 5.74) is 5.07. The summed E-state index contributed by atoms with van der Waals surface area (Å²) in [7, 11) is 0. The Morgan fingerprint density at radius 3 is 2.92 bits per heavy atom. The fraction of sp³-hybridized carbons (Fsp3) is 0.889. The van der Waals surface area contributed by atoms with Crippen LogP contribution in [0.15, 0.2) is 0 Å². The zero-order chi connectivity index (χ0) is 9.68. The Hall–Kier alpha value is -0.610. The zero-order valence-electron chi connectivity index (χ0n) is 8.08. The van der Waals surface area contributed by atoms with Crippen LogP contribution in [0.4, 0.5) is 0 Å². The Balaban J connectivity index is 1.84. The summed E-state index contributed by atoms with van der Waals surface area (Å²) in [6.45, 7) is 3.97. The van der Waals surface area contributed by atoms with E-state index in [1.807, 2.05) is 0 Å². The molecule has 4 nitrogen and oxygen atoms in total. The van der Waals surface area contributed by atoms with E-state index in [0.717, 1.165) is 12.5 Å². The minimum atomic E-state index is -0.317. The molecule has 1 atom stereocenters. The van der Waals surface area contributed by atoms with Crippen LogP contribution in [0.2, 0.25) is 0 Å². The van der Waals surface area contributed by atoms with Crippen LogP contribution in [-0.4, -0.2) is 31.7 Å². The summed E-state index contributed by atoms with van der Waals surface area (Å²) in [4.78, 5) is 10.6. The van der Waals surface area contributed by atoms with E-state index in [1.54, 1.807) is 6.92 Å². The quantitative estimate of drug-likeness (QED) is 0.545.